The minimum atomic E-state index is 0.841. The summed E-state index contributed by atoms with van der Waals surface area (Å²) in [6.07, 6.45) is 2.71. The summed E-state index contributed by atoms with van der Waals surface area (Å²) in [6, 6.07) is 8.18. The Labute approximate surface area is 101 Å². The predicted molar refractivity (Wildman–Crippen MR) is 66.6 cm³/mol. The van der Waals surface area contributed by atoms with Crippen LogP contribution >= 0.6 is 0 Å². The van der Waals surface area contributed by atoms with Gasteiger partial charge in [0.2, 0.25) is 0 Å². The summed E-state index contributed by atoms with van der Waals surface area (Å²) < 4.78 is 2.04. The van der Waals surface area contributed by atoms with Crippen molar-refractivity contribution in [1.82, 2.24) is 15.0 Å². The molecule has 0 spiro atoms. The van der Waals surface area contributed by atoms with E-state index in [1.165, 1.54) is 25.9 Å². The van der Waals surface area contributed by atoms with Crippen LogP contribution in [0.25, 0.3) is 11.0 Å². The van der Waals surface area contributed by atoms with Crippen LogP contribution in [0.15, 0.2) is 24.3 Å². The van der Waals surface area contributed by atoms with Gasteiger partial charge in [-0.2, -0.15) is 4.68 Å². The van der Waals surface area contributed by atoms with E-state index in [1.807, 2.05) is 16.8 Å². The molecule has 0 amide bonds. The summed E-state index contributed by atoms with van der Waals surface area (Å²) in [5, 5.41) is 8.46. The number of aromatic nitrogens is 3. The number of likely N-dealkylation sites (tertiary alicyclic amines) is 1. The largest absolute Gasteiger partial charge is 0.316 e. The van der Waals surface area contributed by atoms with Crippen LogP contribution in [0.3, 0.4) is 0 Å². The molecule has 1 aliphatic rings. The van der Waals surface area contributed by atoms with Crippen LogP contribution < -0.4 is 4.90 Å². The van der Waals surface area contributed by atoms with Crippen molar-refractivity contribution < 1.29 is 4.90 Å². The number of quaternary nitrogens is 1. The van der Waals surface area contributed by atoms with Gasteiger partial charge in [-0.3, -0.25) is 0 Å². The molecule has 90 valence electrons. The maximum Gasteiger partial charge on any atom is 0.175 e. The normalized spacial score (nSPS) is 25.2. The molecule has 2 atom stereocenters. The second-order valence-electron chi connectivity index (χ2n) is 5.19. The fourth-order valence-electron chi connectivity index (χ4n) is 2.79. The smallest absolute Gasteiger partial charge is 0.175 e. The number of benzene rings is 1. The van der Waals surface area contributed by atoms with Gasteiger partial charge < -0.3 is 4.90 Å². The van der Waals surface area contributed by atoms with E-state index < -0.39 is 0 Å². The van der Waals surface area contributed by atoms with Gasteiger partial charge in [0.1, 0.15) is 5.52 Å². The lowest BCUT2D eigenvalue weighted by Gasteiger charge is -2.27. The number of hydrogen-bond donors (Lipinski definition) is 1. The fraction of sp³-hybridized carbons (Fsp3) is 0.538. The van der Waals surface area contributed by atoms with Gasteiger partial charge in [-0.1, -0.05) is 24.3 Å². The van der Waals surface area contributed by atoms with Crippen LogP contribution in [-0.2, 0) is 6.67 Å². The van der Waals surface area contributed by atoms with Crippen LogP contribution in [0.2, 0.25) is 0 Å². The summed E-state index contributed by atoms with van der Waals surface area (Å²) in [5.74, 6) is 0.841. The zero-order valence-corrected chi connectivity index (χ0v) is 10.3. The highest BCUT2D eigenvalue weighted by Crippen LogP contribution is 2.09. The highest BCUT2D eigenvalue weighted by Gasteiger charge is 2.20. The quantitative estimate of drug-likeness (QED) is 0.826. The number of nitrogens with zero attached hydrogens (tertiary/aromatic N) is 3. The molecule has 1 saturated heterocycles. The van der Waals surface area contributed by atoms with E-state index in [9.17, 15) is 0 Å². The van der Waals surface area contributed by atoms with Crippen LogP contribution in [0.5, 0.6) is 0 Å². The number of piperidine rings is 1. The molecule has 4 heteroatoms. The van der Waals surface area contributed by atoms with E-state index in [2.05, 4.69) is 29.4 Å². The third-order valence-electron chi connectivity index (χ3n) is 3.66. The summed E-state index contributed by atoms with van der Waals surface area (Å²) in [6.45, 7) is 5.82. The Morgan fingerprint density at radius 3 is 3.18 bits per heavy atom. The lowest BCUT2D eigenvalue weighted by atomic mass is 10.0. The highest BCUT2D eigenvalue weighted by atomic mass is 15.5. The average molecular weight is 231 g/mol. The molecular weight excluding hydrogens is 212 g/mol. The molecule has 2 heterocycles. The molecule has 0 aliphatic carbocycles. The second-order valence-corrected chi connectivity index (χ2v) is 5.19. The predicted octanol–water partition coefficient (Wildman–Crippen LogP) is 0.704. The van der Waals surface area contributed by atoms with Crippen molar-refractivity contribution >= 4 is 11.0 Å². The molecular formula is C13H19N4+. The van der Waals surface area contributed by atoms with Crippen LogP contribution in [-0.4, -0.2) is 28.1 Å². The van der Waals surface area contributed by atoms with Crippen LogP contribution in [0.4, 0.5) is 0 Å². The monoisotopic (exact) mass is 231 g/mol. The van der Waals surface area contributed by atoms with E-state index in [-0.39, 0.29) is 0 Å². The van der Waals surface area contributed by atoms with E-state index in [1.54, 1.807) is 4.90 Å². The number of fused-ring (bicyclic) bond motifs is 1. The Kier molecular flexibility index (Phi) is 2.81. The van der Waals surface area contributed by atoms with Gasteiger partial charge in [0.15, 0.2) is 6.67 Å². The molecule has 0 radical (unpaired) electrons. The fourth-order valence-corrected chi connectivity index (χ4v) is 2.79. The molecule has 1 aromatic carbocycles. The average Bonchev–Trinajstić information content (AvgIpc) is 2.73. The van der Waals surface area contributed by atoms with Gasteiger partial charge in [0.25, 0.3) is 0 Å². The molecule has 1 aliphatic heterocycles. The topological polar surface area (TPSA) is 35.2 Å². The number of para-hydroxylation sites is 1. The molecule has 1 unspecified atom stereocenters. The van der Waals surface area contributed by atoms with Crippen molar-refractivity contribution in [3.05, 3.63) is 24.3 Å². The third kappa shape index (κ3) is 2.17. The first-order valence-electron chi connectivity index (χ1n) is 6.45. The Hall–Kier alpha value is -1.42. The molecule has 17 heavy (non-hydrogen) atoms. The maximum atomic E-state index is 4.26. The lowest BCUT2D eigenvalue weighted by Crippen LogP contribution is -3.12. The van der Waals surface area contributed by atoms with Gasteiger partial charge in [0, 0.05) is 5.92 Å². The van der Waals surface area contributed by atoms with Gasteiger partial charge >= 0.3 is 0 Å². The molecule has 4 nitrogen and oxygen atoms in total. The summed E-state index contributed by atoms with van der Waals surface area (Å²) >= 11 is 0. The second kappa shape index (κ2) is 4.45. The summed E-state index contributed by atoms with van der Waals surface area (Å²) in [4.78, 5) is 1.62. The Bertz CT molecular complexity index is 505. The van der Waals surface area contributed by atoms with E-state index in [0.717, 1.165) is 23.6 Å². The van der Waals surface area contributed by atoms with E-state index in [4.69, 9.17) is 0 Å². The van der Waals surface area contributed by atoms with Crippen LogP contribution in [0, 0.1) is 5.92 Å². The molecule has 1 N–H and O–H groups in total. The first-order chi connectivity index (χ1) is 8.33. The number of hydrogen-bond acceptors (Lipinski definition) is 2. The minimum absolute atomic E-state index is 0.841. The number of rotatable bonds is 2. The van der Waals surface area contributed by atoms with E-state index >= 15 is 0 Å². The standard InChI is InChI=1S/C13H18N4/c1-11-5-4-8-16(9-11)10-17-13-7-3-2-6-12(13)14-15-17/h2-3,6-7,11H,4-5,8-10H2,1H3/p+1/t11-/m0/s1. The van der Waals surface area contributed by atoms with E-state index in [0.29, 0.717) is 0 Å². The molecule has 1 fully saturated rings. The number of nitrogens with one attached hydrogen (secondary N) is 1. The maximum absolute atomic E-state index is 4.26. The minimum Gasteiger partial charge on any atom is -0.316 e. The van der Waals surface area contributed by atoms with Gasteiger partial charge in [-0.25, -0.2) is 0 Å². The summed E-state index contributed by atoms with van der Waals surface area (Å²) in [5.41, 5.74) is 2.15. The molecule has 2 aromatic rings. The van der Waals surface area contributed by atoms with Crippen molar-refractivity contribution in [3.8, 4) is 0 Å². The zero-order chi connectivity index (χ0) is 11.7. The van der Waals surface area contributed by atoms with Crippen molar-refractivity contribution in [3.63, 3.8) is 0 Å². The van der Waals surface area contributed by atoms with Crippen LogP contribution in [0.1, 0.15) is 19.8 Å². The SMILES string of the molecule is C[C@H]1CCC[NH+](Cn2nnc3ccccc32)C1. The molecule has 0 bridgehead atoms. The van der Waals surface area contributed by atoms with Crippen molar-refractivity contribution in [2.45, 2.75) is 26.4 Å². The Morgan fingerprint density at radius 2 is 2.29 bits per heavy atom. The first kappa shape index (κ1) is 10.7. The first-order valence-corrected chi connectivity index (χ1v) is 6.45. The molecule has 1 aromatic heterocycles. The third-order valence-corrected chi connectivity index (χ3v) is 3.66. The molecule has 0 saturated carbocycles. The van der Waals surface area contributed by atoms with Crippen molar-refractivity contribution in [2.75, 3.05) is 13.1 Å². The molecule has 3 rings (SSSR count). The lowest BCUT2D eigenvalue weighted by molar-refractivity contribution is -0.931. The Balaban J connectivity index is 1.80. The van der Waals surface area contributed by atoms with Crippen molar-refractivity contribution in [1.29, 1.82) is 0 Å². The van der Waals surface area contributed by atoms with Gasteiger partial charge in [0.05, 0.1) is 18.6 Å². The Morgan fingerprint density at radius 1 is 1.41 bits per heavy atom. The zero-order valence-electron chi connectivity index (χ0n) is 10.3. The van der Waals surface area contributed by atoms with Gasteiger partial charge in [-0.05, 0) is 25.0 Å². The summed E-state index contributed by atoms with van der Waals surface area (Å²) in [7, 11) is 0. The van der Waals surface area contributed by atoms with Crippen molar-refractivity contribution in [2.24, 2.45) is 5.92 Å². The highest BCUT2D eigenvalue weighted by molar-refractivity contribution is 5.73. The van der Waals surface area contributed by atoms with Gasteiger partial charge in [-0.15, -0.1) is 5.10 Å².